The van der Waals surface area contributed by atoms with Crippen LogP contribution in [0.2, 0.25) is 0 Å². The van der Waals surface area contributed by atoms with Gasteiger partial charge in [-0.2, -0.15) is 10.2 Å². The first-order valence-corrected chi connectivity index (χ1v) is 5.94. The maximum atomic E-state index is 11.8. The SMILES string of the molecule is O=C(NN=Cc1cccnc1)C1=NNC(=O)C1CCO. The highest BCUT2D eigenvalue weighted by molar-refractivity contribution is 6.44. The van der Waals surface area contributed by atoms with Crippen LogP contribution in [0.4, 0.5) is 0 Å². The molecule has 0 radical (unpaired) electrons. The fourth-order valence-corrected chi connectivity index (χ4v) is 1.68. The van der Waals surface area contributed by atoms with Crippen molar-refractivity contribution in [3.63, 3.8) is 0 Å². The minimum atomic E-state index is -0.742. The fraction of sp³-hybridized carbons (Fsp3) is 0.250. The Morgan fingerprint density at radius 1 is 1.60 bits per heavy atom. The first-order chi connectivity index (χ1) is 9.72. The van der Waals surface area contributed by atoms with E-state index in [-0.39, 0.29) is 18.7 Å². The summed E-state index contributed by atoms with van der Waals surface area (Å²) >= 11 is 0. The molecule has 1 aliphatic rings. The summed E-state index contributed by atoms with van der Waals surface area (Å²) in [5.74, 6) is -1.73. The van der Waals surface area contributed by atoms with Crippen LogP contribution in [0.1, 0.15) is 12.0 Å². The predicted molar refractivity (Wildman–Crippen MR) is 70.7 cm³/mol. The lowest BCUT2D eigenvalue weighted by Crippen LogP contribution is -2.34. The Balaban J connectivity index is 1.95. The molecule has 3 N–H and O–H groups in total. The molecule has 0 spiro atoms. The summed E-state index contributed by atoms with van der Waals surface area (Å²) in [7, 11) is 0. The van der Waals surface area contributed by atoms with Crippen LogP contribution < -0.4 is 10.9 Å². The molecule has 1 unspecified atom stereocenters. The molecule has 8 nitrogen and oxygen atoms in total. The summed E-state index contributed by atoms with van der Waals surface area (Å²) in [6.07, 6.45) is 4.78. The molecule has 8 heteroatoms. The molecule has 1 atom stereocenters. The monoisotopic (exact) mass is 275 g/mol. The number of nitrogens with zero attached hydrogens (tertiary/aromatic N) is 3. The average Bonchev–Trinajstić information content (AvgIpc) is 2.82. The third-order valence-electron chi connectivity index (χ3n) is 2.65. The van der Waals surface area contributed by atoms with E-state index in [1.807, 2.05) is 0 Å². The molecule has 20 heavy (non-hydrogen) atoms. The summed E-state index contributed by atoms with van der Waals surface area (Å²) in [5.41, 5.74) is 5.23. The van der Waals surface area contributed by atoms with Crippen molar-refractivity contribution >= 4 is 23.7 Å². The van der Waals surface area contributed by atoms with Crippen molar-refractivity contribution in [1.82, 2.24) is 15.8 Å². The van der Waals surface area contributed by atoms with Crippen molar-refractivity contribution < 1.29 is 14.7 Å². The molecule has 1 aliphatic heterocycles. The Labute approximate surface area is 114 Å². The van der Waals surface area contributed by atoms with Gasteiger partial charge in [-0.15, -0.1) is 0 Å². The van der Waals surface area contributed by atoms with Crippen LogP contribution in [0.5, 0.6) is 0 Å². The highest BCUT2D eigenvalue weighted by Crippen LogP contribution is 2.11. The van der Waals surface area contributed by atoms with Crippen LogP contribution in [0.3, 0.4) is 0 Å². The molecule has 104 valence electrons. The van der Waals surface area contributed by atoms with E-state index in [0.29, 0.717) is 0 Å². The number of hydrazone groups is 2. The molecule has 0 aromatic carbocycles. The second-order valence-corrected chi connectivity index (χ2v) is 4.02. The maximum absolute atomic E-state index is 11.8. The van der Waals surface area contributed by atoms with Gasteiger partial charge in [0.25, 0.3) is 5.91 Å². The van der Waals surface area contributed by atoms with E-state index in [4.69, 9.17) is 5.11 Å². The van der Waals surface area contributed by atoms with E-state index in [1.165, 1.54) is 6.21 Å². The number of amides is 2. The number of aromatic nitrogens is 1. The number of hydrogen-bond acceptors (Lipinski definition) is 6. The summed E-state index contributed by atoms with van der Waals surface area (Å²) < 4.78 is 0. The summed E-state index contributed by atoms with van der Waals surface area (Å²) in [4.78, 5) is 27.1. The number of pyridine rings is 1. The Kier molecular flexibility index (Phi) is 4.51. The lowest BCUT2D eigenvalue weighted by molar-refractivity contribution is -0.123. The first-order valence-electron chi connectivity index (χ1n) is 5.94. The molecule has 2 heterocycles. The number of aliphatic hydroxyl groups is 1. The largest absolute Gasteiger partial charge is 0.396 e. The second kappa shape index (κ2) is 6.53. The minimum absolute atomic E-state index is 0.0207. The van der Waals surface area contributed by atoms with Crippen molar-refractivity contribution in [3.05, 3.63) is 30.1 Å². The van der Waals surface area contributed by atoms with Gasteiger partial charge in [-0.25, -0.2) is 10.9 Å². The second-order valence-electron chi connectivity index (χ2n) is 4.02. The van der Waals surface area contributed by atoms with Crippen molar-refractivity contribution in [3.8, 4) is 0 Å². The van der Waals surface area contributed by atoms with E-state index in [2.05, 4.69) is 26.0 Å². The van der Waals surface area contributed by atoms with Crippen molar-refractivity contribution in [1.29, 1.82) is 0 Å². The van der Waals surface area contributed by atoms with Crippen LogP contribution in [-0.4, -0.2) is 40.4 Å². The van der Waals surface area contributed by atoms with Gasteiger partial charge in [0.1, 0.15) is 5.71 Å². The van der Waals surface area contributed by atoms with Gasteiger partial charge in [0, 0.05) is 24.6 Å². The first kappa shape index (κ1) is 13.8. The number of hydrogen-bond donors (Lipinski definition) is 3. The summed E-state index contributed by atoms with van der Waals surface area (Å²) in [6, 6.07) is 3.51. The number of rotatable bonds is 5. The number of aliphatic hydroxyl groups excluding tert-OH is 1. The molecule has 2 rings (SSSR count). The zero-order valence-electron chi connectivity index (χ0n) is 10.5. The van der Waals surface area contributed by atoms with E-state index in [1.54, 1.807) is 24.5 Å². The highest BCUT2D eigenvalue weighted by Gasteiger charge is 2.33. The third kappa shape index (κ3) is 3.23. The van der Waals surface area contributed by atoms with Crippen molar-refractivity contribution in [2.45, 2.75) is 6.42 Å². The number of carbonyl (C=O) groups excluding carboxylic acids is 2. The lowest BCUT2D eigenvalue weighted by Gasteiger charge is -2.06. The summed E-state index contributed by atoms with van der Waals surface area (Å²) in [5, 5.41) is 16.3. The standard InChI is InChI=1S/C12H13N5O3/c18-5-3-9-10(15-17-11(9)19)12(20)16-14-7-8-2-1-4-13-6-8/h1-2,4,6-7,9,18H,3,5H2,(H,16,20)(H,17,19). The highest BCUT2D eigenvalue weighted by atomic mass is 16.3. The van der Waals surface area contributed by atoms with Crippen LogP contribution >= 0.6 is 0 Å². The quantitative estimate of drug-likeness (QED) is 0.473. The van der Waals surface area contributed by atoms with Crippen LogP contribution in [0.15, 0.2) is 34.7 Å². The van der Waals surface area contributed by atoms with Crippen molar-refractivity contribution in [2.24, 2.45) is 16.1 Å². The van der Waals surface area contributed by atoms with E-state index in [9.17, 15) is 9.59 Å². The molecule has 1 aromatic heterocycles. The van der Waals surface area contributed by atoms with Gasteiger partial charge in [0.05, 0.1) is 12.1 Å². The maximum Gasteiger partial charge on any atom is 0.288 e. The van der Waals surface area contributed by atoms with Crippen LogP contribution in [0, 0.1) is 5.92 Å². The minimum Gasteiger partial charge on any atom is -0.396 e. The lowest BCUT2D eigenvalue weighted by atomic mass is 10.00. The van der Waals surface area contributed by atoms with E-state index >= 15 is 0 Å². The molecule has 2 amide bonds. The molecule has 0 saturated carbocycles. The predicted octanol–water partition coefficient (Wildman–Crippen LogP) is -0.984. The van der Waals surface area contributed by atoms with Gasteiger partial charge in [0.2, 0.25) is 5.91 Å². The van der Waals surface area contributed by atoms with Crippen LogP contribution in [-0.2, 0) is 9.59 Å². The van der Waals surface area contributed by atoms with E-state index < -0.39 is 17.7 Å². The van der Waals surface area contributed by atoms with Gasteiger partial charge in [-0.3, -0.25) is 14.6 Å². The average molecular weight is 275 g/mol. The molecule has 1 aromatic rings. The topological polar surface area (TPSA) is 116 Å². The normalized spacial score (nSPS) is 17.9. The third-order valence-corrected chi connectivity index (χ3v) is 2.65. The van der Waals surface area contributed by atoms with Gasteiger partial charge in [0.15, 0.2) is 0 Å². The van der Waals surface area contributed by atoms with E-state index in [0.717, 1.165) is 5.56 Å². The smallest absolute Gasteiger partial charge is 0.288 e. The zero-order chi connectivity index (χ0) is 14.4. The van der Waals surface area contributed by atoms with Gasteiger partial charge >= 0.3 is 0 Å². The Morgan fingerprint density at radius 2 is 2.45 bits per heavy atom. The molecule has 0 fully saturated rings. The molecule has 0 saturated heterocycles. The van der Waals surface area contributed by atoms with Crippen molar-refractivity contribution in [2.75, 3.05) is 6.61 Å². The fourth-order valence-electron chi connectivity index (χ4n) is 1.68. The number of nitrogens with one attached hydrogen (secondary N) is 2. The summed E-state index contributed by atoms with van der Waals surface area (Å²) in [6.45, 7) is -0.205. The zero-order valence-corrected chi connectivity index (χ0v) is 10.5. The molecular formula is C12H13N5O3. The van der Waals surface area contributed by atoms with Gasteiger partial charge in [-0.1, -0.05) is 6.07 Å². The van der Waals surface area contributed by atoms with Gasteiger partial charge in [-0.05, 0) is 12.5 Å². The Morgan fingerprint density at radius 3 is 3.15 bits per heavy atom. The molecule has 0 aliphatic carbocycles. The molecule has 0 bridgehead atoms. The van der Waals surface area contributed by atoms with Crippen LogP contribution in [0.25, 0.3) is 0 Å². The number of carbonyl (C=O) groups is 2. The van der Waals surface area contributed by atoms with Gasteiger partial charge < -0.3 is 5.11 Å². The Bertz CT molecular complexity index is 555. The molecular weight excluding hydrogens is 262 g/mol. The Hall–Kier alpha value is -2.61.